The zero-order valence-corrected chi connectivity index (χ0v) is 25.9. The molecular formula is C36H38F2N6O2. The van der Waals surface area contributed by atoms with E-state index in [0.717, 1.165) is 39.0 Å². The summed E-state index contributed by atoms with van der Waals surface area (Å²) in [7, 11) is 1.94. The van der Waals surface area contributed by atoms with E-state index in [2.05, 4.69) is 22.3 Å². The van der Waals surface area contributed by atoms with Crippen molar-refractivity contribution in [1.82, 2.24) is 25.0 Å². The number of piperazine rings is 1. The van der Waals surface area contributed by atoms with Crippen LogP contribution in [0.25, 0.3) is 22.2 Å². The van der Waals surface area contributed by atoms with Crippen LogP contribution in [-0.4, -0.2) is 70.9 Å². The number of aryl methyl sites for hydroxylation is 1. The molecule has 10 heteroatoms. The number of anilines is 1. The highest BCUT2D eigenvalue weighted by Gasteiger charge is 2.45. The molecule has 7 rings (SSSR count). The van der Waals surface area contributed by atoms with Crippen LogP contribution in [0.1, 0.15) is 17.5 Å². The van der Waals surface area contributed by atoms with Crippen LogP contribution in [0.4, 0.5) is 14.5 Å². The topological polar surface area (TPSA) is 67.7 Å². The molecule has 1 unspecified atom stereocenters. The molecule has 5 aromatic rings. The minimum Gasteiger partial charge on any atom is -0.473 e. The smallest absolute Gasteiger partial charge is 0.275 e. The number of hydrogen-bond donors (Lipinski definition) is 1. The fourth-order valence-electron chi connectivity index (χ4n) is 6.57. The minimum absolute atomic E-state index is 0.249. The van der Waals surface area contributed by atoms with Crippen molar-refractivity contribution >= 4 is 16.6 Å². The van der Waals surface area contributed by atoms with Gasteiger partial charge in [0.2, 0.25) is 11.8 Å². The summed E-state index contributed by atoms with van der Waals surface area (Å²) in [5.74, 6) is -1.81. The molecule has 0 aliphatic carbocycles. The summed E-state index contributed by atoms with van der Waals surface area (Å²) in [6.45, 7) is 3.63. The van der Waals surface area contributed by atoms with E-state index < -0.39 is 12.0 Å². The van der Waals surface area contributed by atoms with Crippen molar-refractivity contribution in [3.63, 3.8) is 0 Å². The van der Waals surface area contributed by atoms with E-state index in [1.54, 1.807) is 0 Å². The standard InChI is InChI=1S/C36H38F2N6O2/c1-42-34-28(13-8-14-30(34)43-19-21-44(22-20-43)31-17-18-39-25-36(31,37)38)33(41-42)29-15-16-32(45-23-26-9-4-2-5-10-26)40-35(29)46-24-27-11-6-3-7-12-27/h2-16,31,39H,17-25H2,1H3. The van der Waals surface area contributed by atoms with Gasteiger partial charge in [-0.25, -0.2) is 8.78 Å². The van der Waals surface area contributed by atoms with Gasteiger partial charge in [0.25, 0.3) is 5.92 Å². The molecule has 0 spiro atoms. The molecule has 8 nitrogen and oxygen atoms in total. The van der Waals surface area contributed by atoms with Crippen LogP contribution in [0.15, 0.2) is 91.0 Å². The average molecular weight is 625 g/mol. The van der Waals surface area contributed by atoms with Gasteiger partial charge in [0.1, 0.15) is 18.9 Å². The van der Waals surface area contributed by atoms with Crippen LogP contribution in [0.5, 0.6) is 11.8 Å². The number of benzene rings is 3. The Morgan fingerprint density at radius 2 is 1.52 bits per heavy atom. The molecule has 0 amide bonds. The summed E-state index contributed by atoms with van der Waals surface area (Å²) in [6, 6.07) is 29.2. The maximum absolute atomic E-state index is 14.7. The van der Waals surface area contributed by atoms with Gasteiger partial charge >= 0.3 is 0 Å². The molecule has 2 aromatic heterocycles. The maximum Gasteiger partial charge on any atom is 0.275 e. The largest absolute Gasteiger partial charge is 0.473 e. The number of ether oxygens (including phenoxy) is 2. The first kappa shape index (κ1) is 30.1. The number of halogens is 2. The van der Waals surface area contributed by atoms with E-state index >= 15 is 0 Å². The van der Waals surface area contributed by atoms with Gasteiger partial charge < -0.3 is 19.7 Å². The number of alkyl halides is 2. The zero-order chi connectivity index (χ0) is 31.5. The van der Waals surface area contributed by atoms with Gasteiger partial charge in [-0.1, -0.05) is 72.8 Å². The van der Waals surface area contributed by atoms with Gasteiger partial charge in [0.15, 0.2) is 0 Å². The Bertz CT molecular complexity index is 1770. The van der Waals surface area contributed by atoms with E-state index in [1.807, 2.05) is 95.5 Å². The van der Waals surface area contributed by atoms with Gasteiger partial charge in [-0.2, -0.15) is 10.1 Å². The number of piperidine rings is 1. The predicted molar refractivity (Wildman–Crippen MR) is 176 cm³/mol. The van der Waals surface area contributed by atoms with Gasteiger partial charge in [0, 0.05) is 44.7 Å². The first-order valence-electron chi connectivity index (χ1n) is 15.8. The van der Waals surface area contributed by atoms with Crippen molar-refractivity contribution < 1.29 is 18.3 Å². The molecule has 4 heterocycles. The molecule has 0 radical (unpaired) electrons. The number of para-hydroxylation sites is 1. The fourth-order valence-corrected chi connectivity index (χ4v) is 6.57. The Hall–Kier alpha value is -4.54. The van der Waals surface area contributed by atoms with Gasteiger partial charge in [-0.3, -0.25) is 9.58 Å². The van der Waals surface area contributed by atoms with Crippen LogP contribution < -0.4 is 19.7 Å². The summed E-state index contributed by atoms with van der Waals surface area (Å²) >= 11 is 0. The first-order chi connectivity index (χ1) is 22.5. The highest BCUT2D eigenvalue weighted by molar-refractivity contribution is 6.01. The lowest BCUT2D eigenvalue weighted by atomic mass is 9.99. The summed E-state index contributed by atoms with van der Waals surface area (Å²) in [4.78, 5) is 9.05. The molecule has 1 atom stereocenters. The van der Waals surface area contributed by atoms with Gasteiger partial charge in [0.05, 0.1) is 29.4 Å². The zero-order valence-electron chi connectivity index (χ0n) is 25.9. The summed E-state index contributed by atoms with van der Waals surface area (Å²) < 4.78 is 43.6. The maximum atomic E-state index is 14.7. The Morgan fingerprint density at radius 1 is 0.826 bits per heavy atom. The SMILES string of the molecule is Cn1nc(-c2ccc(OCc3ccccc3)nc2OCc2ccccc2)c2cccc(N3CCN(C4CCNCC4(F)F)CC3)c21. The molecule has 2 fully saturated rings. The minimum atomic E-state index is -2.71. The summed E-state index contributed by atoms with van der Waals surface area (Å²) in [5.41, 5.74) is 5.63. The molecular weight excluding hydrogens is 586 g/mol. The van der Waals surface area contributed by atoms with Crippen LogP contribution in [-0.2, 0) is 20.3 Å². The van der Waals surface area contributed by atoms with Crippen molar-refractivity contribution in [1.29, 1.82) is 0 Å². The number of pyridine rings is 1. The molecule has 1 N–H and O–H groups in total. The molecule has 0 saturated carbocycles. The molecule has 238 valence electrons. The third-order valence-corrected chi connectivity index (χ3v) is 8.92. The van der Waals surface area contributed by atoms with Crippen LogP contribution >= 0.6 is 0 Å². The third kappa shape index (κ3) is 6.27. The summed E-state index contributed by atoms with van der Waals surface area (Å²) in [6.07, 6.45) is 0.465. The highest BCUT2D eigenvalue weighted by Crippen LogP contribution is 2.39. The quantitative estimate of drug-likeness (QED) is 0.219. The normalized spacial score (nSPS) is 18.5. The van der Waals surface area contributed by atoms with E-state index in [4.69, 9.17) is 19.6 Å². The lowest BCUT2D eigenvalue weighted by Crippen LogP contribution is -2.61. The van der Waals surface area contributed by atoms with Crippen molar-refractivity contribution in [2.75, 3.05) is 44.2 Å². The Kier molecular flexibility index (Phi) is 8.55. The van der Waals surface area contributed by atoms with Crippen LogP contribution in [0.3, 0.4) is 0 Å². The molecule has 2 aliphatic rings. The number of hydrogen-bond acceptors (Lipinski definition) is 7. The molecule has 2 saturated heterocycles. The van der Waals surface area contributed by atoms with E-state index in [9.17, 15) is 8.78 Å². The van der Waals surface area contributed by atoms with Gasteiger partial charge in [-0.05, 0) is 36.2 Å². The van der Waals surface area contributed by atoms with Crippen molar-refractivity contribution in [2.45, 2.75) is 31.6 Å². The monoisotopic (exact) mass is 624 g/mol. The molecule has 46 heavy (non-hydrogen) atoms. The Balaban J connectivity index is 1.17. The third-order valence-electron chi connectivity index (χ3n) is 8.92. The number of nitrogens with one attached hydrogen (secondary N) is 1. The molecule has 2 aliphatic heterocycles. The highest BCUT2D eigenvalue weighted by atomic mass is 19.3. The number of nitrogens with zero attached hydrogens (tertiary/aromatic N) is 5. The number of aromatic nitrogens is 3. The lowest BCUT2D eigenvalue weighted by Gasteiger charge is -2.44. The molecule has 3 aromatic carbocycles. The van der Waals surface area contributed by atoms with E-state index in [1.165, 1.54) is 0 Å². The number of fused-ring (bicyclic) bond motifs is 1. The fraction of sp³-hybridized carbons (Fsp3) is 0.333. The summed E-state index contributed by atoms with van der Waals surface area (Å²) in [5, 5.41) is 8.78. The average Bonchev–Trinajstić information content (AvgIpc) is 3.43. The second-order valence-electron chi connectivity index (χ2n) is 12.0. The van der Waals surface area contributed by atoms with Crippen molar-refractivity contribution in [3.8, 4) is 23.0 Å². The second-order valence-corrected chi connectivity index (χ2v) is 12.0. The van der Waals surface area contributed by atoms with Crippen molar-refractivity contribution in [3.05, 3.63) is 102 Å². The number of rotatable bonds is 9. The van der Waals surface area contributed by atoms with Crippen molar-refractivity contribution in [2.24, 2.45) is 7.05 Å². The van der Waals surface area contributed by atoms with E-state index in [0.29, 0.717) is 64.1 Å². The predicted octanol–water partition coefficient (Wildman–Crippen LogP) is 5.91. The lowest BCUT2D eigenvalue weighted by molar-refractivity contribution is -0.0963. The second kappa shape index (κ2) is 13.1. The van der Waals surface area contributed by atoms with E-state index in [-0.39, 0.29) is 6.54 Å². The van der Waals surface area contributed by atoms with Gasteiger partial charge in [-0.15, -0.1) is 0 Å². The van der Waals surface area contributed by atoms with Crippen LogP contribution in [0.2, 0.25) is 0 Å². The Labute approximate surface area is 267 Å². The molecule has 0 bridgehead atoms. The Morgan fingerprint density at radius 3 is 2.22 bits per heavy atom. The van der Waals surface area contributed by atoms with Crippen LogP contribution in [0, 0.1) is 0 Å². The first-order valence-corrected chi connectivity index (χ1v) is 15.8.